The number of amides is 1. The number of hydrogen-bond acceptors (Lipinski definition) is 2. The zero-order valence-electron chi connectivity index (χ0n) is 11.4. The van der Waals surface area contributed by atoms with E-state index in [2.05, 4.69) is 21.2 Å². The molecule has 2 aromatic carbocycles. The van der Waals surface area contributed by atoms with Crippen LogP contribution in [0.3, 0.4) is 0 Å². The Balaban J connectivity index is 2.37. The summed E-state index contributed by atoms with van der Waals surface area (Å²) in [7, 11) is 0. The molecule has 2 rings (SSSR count). The van der Waals surface area contributed by atoms with Crippen LogP contribution in [0.4, 0.5) is 20.2 Å². The molecule has 0 aliphatic rings. The third-order valence-electron chi connectivity index (χ3n) is 3.10. The van der Waals surface area contributed by atoms with Gasteiger partial charge in [-0.25, -0.2) is 8.78 Å². The van der Waals surface area contributed by atoms with Gasteiger partial charge in [0.25, 0.3) is 5.91 Å². The maximum Gasteiger partial charge on any atom is 0.261 e. The summed E-state index contributed by atoms with van der Waals surface area (Å²) in [5.41, 5.74) is 7.68. The van der Waals surface area contributed by atoms with Gasteiger partial charge in [-0.05, 0) is 49.2 Å². The molecule has 21 heavy (non-hydrogen) atoms. The van der Waals surface area contributed by atoms with Crippen molar-refractivity contribution in [2.45, 2.75) is 13.8 Å². The minimum Gasteiger partial charge on any atom is -0.399 e. The molecule has 0 aromatic heterocycles. The van der Waals surface area contributed by atoms with Crippen LogP contribution in [0.1, 0.15) is 21.5 Å². The van der Waals surface area contributed by atoms with Crippen molar-refractivity contribution in [3.8, 4) is 0 Å². The number of hydrogen-bond donors (Lipinski definition) is 2. The van der Waals surface area contributed by atoms with Crippen molar-refractivity contribution in [1.29, 1.82) is 0 Å². The van der Waals surface area contributed by atoms with E-state index >= 15 is 0 Å². The second-order valence-corrected chi connectivity index (χ2v) is 5.64. The molecule has 6 heteroatoms. The van der Waals surface area contributed by atoms with Crippen molar-refractivity contribution in [2.24, 2.45) is 0 Å². The summed E-state index contributed by atoms with van der Waals surface area (Å²) in [5, 5.41) is 2.51. The summed E-state index contributed by atoms with van der Waals surface area (Å²) < 4.78 is 27.7. The third kappa shape index (κ3) is 3.21. The topological polar surface area (TPSA) is 55.1 Å². The van der Waals surface area contributed by atoms with Crippen LogP contribution in [0.2, 0.25) is 0 Å². The largest absolute Gasteiger partial charge is 0.399 e. The predicted molar refractivity (Wildman–Crippen MR) is 82.3 cm³/mol. The first-order chi connectivity index (χ1) is 9.79. The molecule has 0 atom stereocenters. The lowest BCUT2D eigenvalue weighted by Crippen LogP contribution is -2.17. The molecule has 0 spiro atoms. The standard InChI is InChI=1S/C15H13BrF2N2O/c1-7-4-13(8(2)3-12(7)19)20-15(21)14-10(17)5-9(16)6-11(14)18/h3-6H,19H2,1-2H3,(H,20,21). The molecule has 3 N–H and O–H groups in total. The monoisotopic (exact) mass is 354 g/mol. The highest BCUT2D eigenvalue weighted by atomic mass is 79.9. The van der Waals surface area contributed by atoms with Crippen LogP contribution >= 0.6 is 15.9 Å². The molecule has 3 nitrogen and oxygen atoms in total. The summed E-state index contributed by atoms with van der Waals surface area (Å²) in [6.45, 7) is 3.53. The van der Waals surface area contributed by atoms with Gasteiger partial charge in [0.2, 0.25) is 0 Å². The van der Waals surface area contributed by atoms with Gasteiger partial charge < -0.3 is 11.1 Å². The van der Waals surface area contributed by atoms with Crippen molar-refractivity contribution in [1.82, 2.24) is 0 Å². The van der Waals surface area contributed by atoms with Gasteiger partial charge in [0.15, 0.2) is 0 Å². The number of halogens is 3. The molecular formula is C15H13BrF2N2O. The molecule has 1 amide bonds. The van der Waals surface area contributed by atoms with Crippen LogP contribution in [0.5, 0.6) is 0 Å². The molecule has 0 fully saturated rings. The quantitative estimate of drug-likeness (QED) is 0.794. The number of anilines is 2. The first-order valence-corrected chi connectivity index (χ1v) is 6.91. The van der Waals surface area contributed by atoms with E-state index in [0.717, 1.165) is 17.7 Å². The molecule has 2 aromatic rings. The molecule has 110 valence electrons. The number of carbonyl (C=O) groups excluding carboxylic acids is 1. The Labute approximate surface area is 129 Å². The van der Waals surface area contributed by atoms with E-state index in [0.29, 0.717) is 16.9 Å². The maximum atomic E-state index is 13.8. The molecule has 0 heterocycles. The fourth-order valence-corrected chi connectivity index (χ4v) is 2.32. The highest BCUT2D eigenvalue weighted by Gasteiger charge is 2.19. The van der Waals surface area contributed by atoms with Gasteiger partial charge in [-0.3, -0.25) is 4.79 Å². The lowest BCUT2D eigenvalue weighted by Gasteiger charge is -2.12. The van der Waals surface area contributed by atoms with Gasteiger partial charge in [-0.2, -0.15) is 0 Å². The fraction of sp³-hybridized carbons (Fsp3) is 0.133. The van der Waals surface area contributed by atoms with Crippen LogP contribution in [0, 0.1) is 25.5 Å². The van der Waals surface area contributed by atoms with Gasteiger partial charge in [0.1, 0.15) is 17.2 Å². The van der Waals surface area contributed by atoms with E-state index in [4.69, 9.17) is 5.73 Å². The molecule has 0 radical (unpaired) electrons. The summed E-state index contributed by atoms with van der Waals surface area (Å²) in [6, 6.07) is 5.44. The zero-order valence-corrected chi connectivity index (χ0v) is 13.0. The third-order valence-corrected chi connectivity index (χ3v) is 3.55. The second-order valence-electron chi connectivity index (χ2n) is 4.72. The van der Waals surface area contributed by atoms with Crippen LogP contribution < -0.4 is 11.1 Å². The van der Waals surface area contributed by atoms with E-state index in [1.807, 2.05) is 0 Å². The summed E-state index contributed by atoms with van der Waals surface area (Å²) in [5.74, 6) is -2.70. The Hall–Kier alpha value is -1.95. The molecule has 0 aliphatic carbocycles. The van der Waals surface area contributed by atoms with Crippen molar-refractivity contribution < 1.29 is 13.6 Å². The fourth-order valence-electron chi connectivity index (χ4n) is 1.92. The van der Waals surface area contributed by atoms with E-state index in [1.54, 1.807) is 26.0 Å². The summed E-state index contributed by atoms with van der Waals surface area (Å²) in [6.07, 6.45) is 0. The number of carbonyl (C=O) groups is 1. The average Bonchev–Trinajstić information content (AvgIpc) is 2.34. The lowest BCUT2D eigenvalue weighted by atomic mass is 10.1. The zero-order chi connectivity index (χ0) is 15.7. The van der Waals surface area contributed by atoms with Crippen LogP contribution in [0.25, 0.3) is 0 Å². The Bertz CT molecular complexity index is 709. The predicted octanol–water partition coefficient (Wildman–Crippen LogP) is 4.18. The van der Waals surface area contributed by atoms with Crippen molar-refractivity contribution in [2.75, 3.05) is 11.1 Å². The van der Waals surface area contributed by atoms with Gasteiger partial charge in [-0.15, -0.1) is 0 Å². The van der Waals surface area contributed by atoms with E-state index in [9.17, 15) is 13.6 Å². The number of nitrogens with two attached hydrogens (primary N) is 1. The van der Waals surface area contributed by atoms with Crippen molar-refractivity contribution >= 4 is 33.2 Å². The van der Waals surface area contributed by atoms with Crippen LogP contribution in [0.15, 0.2) is 28.7 Å². The van der Waals surface area contributed by atoms with Crippen molar-refractivity contribution in [3.63, 3.8) is 0 Å². The Morgan fingerprint density at radius 2 is 1.67 bits per heavy atom. The molecular weight excluding hydrogens is 342 g/mol. The summed E-state index contributed by atoms with van der Waals surface area (Å²) >= 11 is 2.97. The number of aryl methyl sites for hydroxylation is 2. The highest BCUT2D eigenvalue weighted by Crippen LogP contribution is 2.24. The minimum absolute atomic E-state index is 0.230. The minimum atomic E-state index is -0.927. The maximum absolute atomic E-state index is 13.8. The number of benzene rings is 2. The van der Waals surface area contributed by atoms with Crippen molar-refractivity contribution in [3.05, 3.63) is 57.1 Å². The van der Waals surface area contributed by atoms with Crippen LogP contribution in [-0.2, 0) is 0 Å². The van der Waals surface area contributed by atoms with Crippen LogP contribution in [-0.4, -0.2) is 5.91 Å². The van der Waals surface area contributed by atoms with Gasteiger partial charge in [0, 0.05) is 15.8 Å². The molecule has 0 bridgehead atoms. The lowest BCUT2D eigenvalue weighted by molar-refractivity contribution is 0.101. The first-order valence-electron chi connectivity index (χ1n) is 6.12. The van der Waals surface area contributed by atoms with E-state index in [-0.39, 0.29) is 4.47 Å². The van der Waals surface area contributed by atoms with E-state index < -0.39 is 23.1 Å². The van der Waals surface area contributed by atoms with Gasteiger partial charge >= 0.3 is 0 Å². The molecule has 0 aliphatic heterocycles. The average molecular weight is 355 g/mol. The van der Waals surface area contributed by atoms with Gasteiger partial charge in [0.05, 0.1) is 0 Å². The van der Waals surface area contributed by atoms with Gasteiger partial charge in [-0.1, -0.05) is 15.9 Å². The Kier molecular flexibility index (Phi) is 4.27. The Morgan fingerprint density at radius 3 is 2.24 bits per heavy atom. The van der Waals surface area contributed by atoms with E-state index in [1.165, 1.54) is 0 Å². The highest BCUT2D eigenvalue weighted by molar-refractivity contribution is 9.10. The number of nitrogens with one attached hydrogen (secondary N) is 1. The molecule has 0 saturated heterocycles. The smallest absolute Gasteiger partial charge is 0.261 e. The SMILES string of the molecule is Cc1cc(NC(=O)c2c(F)cc(Br)cc2F)c(C)cc1N. The normalized spacial score (nSPS) is 10.5. The molecule has 0 saturated carbocycles. The summed E-state index contributed by atoms with van der Waals surface area (Å²) in [4.78, 5) is 12.1. The number of rotatable bonds is 2. The Morgan fingerprint density at radius 1 is 1.10 bits per heavy atom. The first kappa shape index (κ1) is 15.4. The second kappa shape index (κ2) is 5.81. The molecule has 0 unspecified atom stereocenters. The number of nitrogen functional groups attached to an aromatic ring is 1.